The number of likely N-dealkylation sites (tertiary alicyclic amines) is 1. The molecule has 0 spiro atoms. The van der Waals surface area contributed by atoms with Gasteiger partial charge in [0, 0.05) is 13.1 Å². The number of halogens is 2. The van der Waals surface area contributed by atoms with Crippen LogP contribution in [0.4, 0.5) is 4.39 Å². The Bertz CT molecular complexity index is 690. The smallest absolute Gasteiger partial charge is 0.176 e. The summed E-state index contributed by atoms with van der Waals surface area (Å²) in [6.45, 7) is 2.64. The van der Waals surface area contributed by atoms with Crippen molar-refractivity contribution < 1.29 is 14.2 Å². The lowest BCUT2D eigenvalue weighted by Gasteiger charge is -2.17. The Labute approximate surface area is 140 Å². The highest BCUT2D eigenvalue weighted by atomic mass is 35.5. The fourth-order valence-corrected chi connectivity index (χ4v) is 3.35. The molecule has 5 heteroatoms. The molecule has 2 aromatic carbocycles. The normalized spacial score (nSPS) is 18.3. The van der Waals surface area contributed by atoms with Crippen molar-refractivity contribution >= 4 is 11.6 Å². The van der Waals surface area contributed by atoms with Gasteiger partial charge in [-0.05, 0) is 54.3 Å². The summed E-state index contributed by atoms with van der Waals surface area (Å²) in [6.07, 6.45) is 1.05. The van der Waals surface area contributed by atoms with Gasteiger partial charge in [0.05, 0.1) is 12.1 Å². The van der Waals surface area contributed by atoms with Crippen LogP contribution in [0.5, 0.6) is 11.5 Å². The third-order valence-corrected chi connectivity index (χ3v) is 4.62. The Hall–Kier alpha value is -1.78. The highest BCUT2D eigenvalue weighted by molar-refractivity contribution is 6.32. The Kier molecular flexibility index (Phi) is 4.74. The first-order chi connectivity index (χ1) is 11.1. The third kappa shape index (κ3) is 3.59. The van der Waals surface area contributed by atoms with Crippen LogP contribution in [-0.2, 0) is 6.54 Å². The molecule has 0 aliphatic carbocycles. The minimum absolute atomic E-state index is 0.0245. The third-order valence-electron chi connectivity index (χ3n) is 4.33. The fraction of sp³-hybridized carbons (Fsp3) is 0.333. The molecule has 3 rings (SSSR count). The quantitative estimate of drug-likeness (QED) is 0.909. The van der Waals surface area contributed by atoms with Gasteiger partial charge in [0.25, 0.3) is 0 Å². The second-order valence-corrected chi connectivity index (χ2v) is 6.31. The summed E-state index contributed by atoms with van der Waals surface area (Å²) < 4.78 is 18.2. The van der Waals surface area contributed by atoms with E-state index in [1.165, 1.54) is 24.8 Å². The molecular weight excluding hydrogens is 317 g/mol. The van der Waals surface area contributed by atoms with Crippen LogP contribution in [0, 0.1) is 5.82 Å². The van der Waals surface area contributed by atoms with Crippen molar-refractivity contribution in [2.75, 3.05) is 20.2 Å². The lowest BCUT2D eigenvalue weighted by Crippen LogP contribution is -2.19. The van der Waals surface area contributed by atoms with Crippen molar-refractivity contribution in [3.8, 4) is 11.5 Å². The molecule has 3 nitrogen and oxygen atoms in total. The van der Waals surface area contributed by atoms with Gasteiger partial charge in [-0.15, -0.1) is 0 Å². The number of hydrogen-bond donors (Lipinski definition) is 1. The van der Waals surface area contributed by atoms with Gasteiger partial charge in [0.15, 0.2) is 11.5 Å². The van der Waals surface area contributed by atoms with Crippen LogP contribution in [0.3, 0.4) is 0 Å². The summed E-state index contributed by atoms with van der Waals surface area (Å²) in [7, 11) is 1.51. The van der Waals surface area contributed by atoms with Gasteiger partial charge in [-0.1, -0.05) is 23.7 Å². The van der Waals surface area contributed by atoms with E-state index in [2.05, 4.69) is 4.90 Å². The zero-order valence-electron chi connectivity index (χ0n) is 12.9. The van der Waals surface area contributed by atoms with E-state index in [0.29, 0.717) is 16.7 Å². The summed E-state index contributed by atoms with van der Waals surface area (Å²) in [6, 6.07) is 10.3. The second kappa shape index (κ2) is 6.77. The van der Waals surface area contributed by atoms with Crippen molar-refractivity contribution in [3.63, 3.8) is 0 Å². The molecule has 0 saturated carbocycles. The van der Waals surface area contributed by atoms with Crippen molar-refractivity contribution in [1.82, 2.24) is 4.90 Å². The number of phenolic OH excluding ortho intramolecular Hbond substituents is 1. The highest BCUT2D eigenvalue weighted by Crippen LogP contribution is 2.36. The second-order valence-electron chi connectivity index (χ2n) is 5.90. The molecule has 1 atom stereocenters. The van der Waals surface area contributed by atoms with Gasteiger partial charge in [-0.25, -0.2) is 4.39 Å². The maximum atomic E-state index is 13.0. The highest BCUT2D eigenvalue weighted by Gasteiger charge is 2.24. The SMILES string of the molecule is COc1cc(CN2CC[C@@H](c3ccc(F)cc3)C2)cc(Cl)c1O. The molecule has 0 aromatic heterocycles. The molecule has 0 bridgehead atoms. The lowest BCUT2D eigenvalue weighted by atomic mass is 9.99. The summed E-state index contributed by atoms with van der Waals surface area (Å²) in [5.74, 6) is 0.588. The molecule has 1 aliphatic heterocycles. The van der Waals surface area contributed by atoms with E-state index < -0.39 is 0 Å². The number of ether oxygens (including phenoxy) is 1. The molecule has 0 unspecified atom stereocenters. The number of methoxy groups -OCH3 is 1. The maximum Gasteiger partial charge on any atom is 0.176 e. The first-order valence-electron chi connectivity index (χ1n) is 7.60. The monoisotopic (exact) mass is 335 g/mol. The van der Waals surface area contributed by atoms with Gasteiger partial charge in [0.2, 0.25) is 0 Å². The zero-order valence-corrected chi connectivity index (χ0v) is 13.7. The van der Waals surface area contributed by atoms with Gasteiger partial charge in [-0.2, -0.15) is 0 Å². The molecule has 2 aromatic rings. The molecule has 1 heterocycles. The largest absolute Gasteiger partial charge is 0.503 e. The summed E-state index contributed by atoms with van der Waals surface area (Å²) in [4.78, 5) is 2.33. The van der Waals surface area contributed by atoms with E-state index in [9.17, 15) is 9.50 Å². The van der Waals surface area contributed by atoms with E-state index in [1.807, 2.05) is 18.2 Å². The van der Waals surface area contributed by atoms with Crippen LogP contribution in [0.1, 0.15) is 23.5 Å². The Morgan fingerprint density at radius 2 is 2.04 bits per heavy atom. The maximum absolute atomic E-state index is 13.0. The topological polar surface area (TPSA) is 32.7 Å². The average Bonchev–Trinajstić information content (AvgIpc) is 3.00. The molecule has 122 valence electrons. The van der Waals surface area contributed by atoms with Crippen LogP contribution >= 0.6 is 11.6 Å². The minimum atomic E-state index is -0.200. The van der Waals surface area contributed by atoms with Crippen molar-refractivity contribution in [2.45, 2.75) is 18.9 Å². The van der Waals surface area contributed by atoms with E-state index >= 15 is 0 Å². The predicted octanol–water partition coefficient (Wildman–Crippen LogP) is 4.18. The molecule has 1 fully saturated rings. The molecule has 23 heavy (non-hydrogen) atoms. The van der Waals surface area contributed by atoms with E-state index in [4.69, 9.17) is 16.3 Å². The van der Waals surface area contributed by atoms with Crippen molar-refractivity contribution in [2.24, 2.45) is 0 Å². The van der Waals surface area contributed by atoms with Crippen LogP contribution < -0.4 is 4.74 Å². The van der Waals surface area contributed by atoms with E-state index in [0.717, 1.165) is 31.6 Å². The summed E-state index contributed by atoms with van der Waals surface area (Å²) in [5.41, 5.74) is 2.18. The first kappa shape index (κ1) is 16.1. The zero-order chi connectivity index (χ0) is 16.4. The Morgan fingerprint density at radius 3 is 2.74 bits per heavy atom. The minimum Gasteiger partial charge on any atom is -0.503 e. The average molecular weight is 336 g/mol. The number of rotatable bonds is 4. The van der Waals surface area contributed by atoms with Gasteiger partial charge in [-0.3, -0.25) is 4.90 Å². The van der Waals surface area contributed by atoms with Crippen molar-refractivity contribution in [3.05, 3.63) is 58.4 Å². The first-order valence-corrected chi connectivity index (χ1v) is 7.98. The number of benzene rings is 2. The molecular formula is C18H19ClFNO2. The van der Waals surface area contributed by atoms with Gasteiger partial charge in [0.1, 0.15) is 5.82 Å². The molecule has 1 aliphatic rings. The summed E-state index contributed by atoms with van der Waals surface area (Å²) >= 11 is 6.04. The number of aromatic hydroxyl groups is 1. The molecule has 1 N–H and O–H groups in total. The standard InChI is InChI=1S/C18H19ClFNO2/c1-23-17-9-12(8-16(19)18(17)22)10-21-7-6-14(11-21)13-2-4-15(20)5-3-13/h2-5,8-9,14,22H,6-7,10-11H2,1H3/t14-/m1/s1. The lowest BCUT2D eigenvalue weighted by molar-refractivity contribution is 0.324. The molecule has 1 saturated heterocycles. The number of hydrogen-bond acceptors (Lipinski definition) is 3. The molecule has 0 amide bonds. The fourth-order valence-electron chi connectivity index (χ4n) is 3.12. The van der Waals surface area contributed by atoms with Gasteiger partial charge >= 0.3 is 0 Å². The Balaban J connectivity index is 1.68. The van der Waals surface area contributed by atoms with Crippen LogP contribution in [0.25, 0.3) is 0 Å². The van der Waals surface area contributed by atoms with E-state index in [-0.39, 0.29) is 11.6 Å². The predicted molar refractivity (Wildman–Crippen MR) is 88.7 cm³/mol. The summed E-state index contributed by atoms with van der Waals surface area (Å²) in [5, 5.41) is 10.1. The van der Waals surface area contributed by atoms with E-state index in [1.54, 1.807) is 6.07 Å². The van der Waals surface area contributed by atoms with Crippen LogP contribution in [0.15, 0.2) is 36.4 Å². The molecule has 0 radical (unpaired) electrons. The number of phenols is 1. The number of nitrogens with zero attached hydrogens (tertiary/aromatic N) is 1. The van der Waals surface area contributed by atoms with Crippen LogP contribution in [-0.4, -0.2) is 30.2 Å². The van der Waals surface area contributed by atoms with Gasteiger partial charge < -0.3 is 9.84 Å². The van der Waals surface area contributed by atoms with Crippen LogP contribution in [0.2, 0.25) is 5.02 Å². The van der Waals surface area contributed by atoms with Crippen molar-refractivity contribution in [1.29, 1.82) is 0 Å². The Morgan fingerprint density at radius 1 is 1.30 bits per heavy atom.